The van der Waals surface area contributed by atoms with Crippen molar-refractivity contribution in [1.29, 1.82) is 0 Å². The molecule has 0 saturated carbocycles. The van der Waals surface area contributed by atoms with E-state index in [0.717, 1.165) is 11.3 Å². The maximum Gasteiger partial charge on any atom is 0.344 e. The van der Waals surface area contributed by atoms with Crippen molar-refractivity contribution in [3.8, 4) is 5.75 Å². The van der Waals surface area contributed by atoms with E-state index in [1.165, 1.54) is 0 Å². The smallest absolute Gasteiger partial charge is 0.344 e. The molecule has 0 amide bonds. The van der Waals surface area contributed by atoms with Crippen LogP contribution in [0.3, 0.4) is 0 Å². The molecular weight excluding hydrogens is 298 g/mol. The molecule has 0 heterocycles. The molecule has 23 heavy (non-hydrogen) atoms. The van der Waals surface area contributed by atoms with Crippen molar-refractivity contribution in [1.82, 2.24) is 0 Å². The van der Waals surface area contributed by atoms with Gasteiger partial charge >= 0.3 is 11.9 Å². The van der Waals surface area contributed by atoms with Gasteiger partial charge in [-0.15, -0.1) is 0 Å². The maximum absolute atomic E-state index is 11.7. The van der Waals surface area contributed by atoms with E-state index in [0.29, 0.717) is 12.4 Å². The van der Waals surface area contributed by atoms with Crippen molar-refractivity contribution in [3.63, 3.8) is 0 Å². The highest BCUT2D eigenvalue weighted by Gasteiger charge is 2.15. The Morgan fingerprint density at radius 2 is 1.87 bits per heavy atom. The van der Waals surface area contributed by atoms with Gasteiger partial charge in [0.25, 0.3) is 0 Å². The fraction of sp³-hybridized carbons (Fsp3) is 0.529. The third-order valence-corrected chi connectivity index (χ3v) is 2.68. The summed E-state index contributed by atoms with van der Waals surface area (Å²) in [6.07, 6.45) is 0. The van der Waals surface area contributed by atoms with Crippen molar-refractivity contribution in [2.24, 2.45) is 0 Å². The predicted octanol–water partition coefficient (Wildman–Crippen LogP) is 2.69. The molecule has 6 heteroatoms. The number of rotatable bonds is 7. The summed E-state index contributed by atoms with van der Waals surface area (Å²) in [5.41, 5.74) is 1.12. The number of aryl methyl sites for hydroxylation is 1. The number of carbonyl (C=O) groups is 2. The summed E-state index contributed by atoms with van der Waals surface area (Å²) >= 11 is 0. The topological polar surface area (TPSA) is 73.9 Å². The lowest BCUT2D eigenvalue weighted by Crippen LogP contribution is -2.28. The van der Waals surface area contributed by atoms with Gasteiger partial charge in [-0.25, -0.2) is 4.79 Å². The summed E-state index contributed by atoms with van der Waals surface area (Å²) in [5.74, 6) is -0.127. The molecule has 0 spiro atoms. The Hall–Kier alpha value is -2.24. The lowest BCUT2D eigenvalue weighted by atomic mass is 10.2. The average Bonchev–Trinajstić information content (AvgIpc) is 2.42. The largest absolute Gasteiger partial charge is 0.482 e. The SMILES string of the molecule is CCOC(=O)COc1ccc(NCC(=O)OC(C)(C)C)cc1C. The molecule has 0 aliphatic heterocycles. The van der Waals surface area contributed by atoms with Crippen LogP contribution >= 0.6 is 0 Å². The number of benzene rings is 1. The van der Waals surface area contributed by atoms with Crippen molar-refractivity contribution < 1.29 is 23.8 Å². The minimum Gasteiger partial charge on any atom is -0.482 e. The molecule has 0 unspecified atom stereocenters. The van der Waals surface area contributed by atoms with Gasteiger partial charge in [0.2, 0.25) is 0 Å². The summed E-state index contributed by atoms with van der Waals surface area (Å²) in [4.78, 5) is 22.9. The number of anilines is 1. The molecule has 0 fully saturated rings. The van der Waals surface area contributed by atoms with Crippen molar-refractivity contribution in [2.75, 3.05) is 25.1 Å². The number of ether oxygens (including phenoxy) is 3. The number of carbonyl (C=O) groups excluding carboxylic acids is 2. The van der Waals surface area contributed by atoms with Gasteiger partial charge in [0.05, 0.1) is 6.61 Å². The molecule has 0 aromatic heterocycles. The van der Waals surface area contributed by atoms with Gasteiger partial charge in [0, 0.05) is 5.69 Å². The second kappa shape index (κ2) is 8.41. The van der Waals surface area contributed by atoms with Gasteiger partial charge in [0.15, 0.2) is 6.61 Å². The highest BCUT2D eigenvalue weighted by Crippen LogP contribution is 2.22. The van der Waals surface area contributed by atoms with E-state index in [1.54, 1.807) is 19.1 Å². The van der Waals surface area contributed by atoms with E-state index in [1.807, 2.05) is 33.8 Å². The first kappa shape index (κ1) is 18.8. The van der Waals surface area contributed by atoms with E-state index >= 15 is 0 Å². The molecule has 0 saturated heterocycles. The van der Waals surface area contributed by atoms with Crippen molar-refractivity contribution in [3.05, 3.63) is 23.8 Å². The van der Waals surface area contributed by atoms with E-state index in [2.05, 4.69) is 5.32 Å². The minimum atomic E-state index is -0.501. The second-order valence-corrected chi connectivity index (χ2v) is 6.01. The van der Waals surface area contributed by atoms with Crippen LogP contribution in [0.4, 0.5) is 5.69 Å². The lowest BCUT2D eigenvalue weighted by molar-refractivity contribution is -0.152. The Balaban J connectivity index is 2.52. The highest BCUT2D eigenvalue weighted by molar-refractivity contribution is 5.75. The molecule has 6 nitrogen and oxygen atoms in total. The van der Waals surface area contributed by atoms with Crippen molar-refractivity contribution >= 4 is 17.6 Å². The molecule has 1 aromatic rings. The Bertz CT molecular complexity index is 548. The second-order valence-electron chi connectivity index (χ2n) is 6.01. The first-order valence-electron chi connectivity index (χ1n) is 7.56. The van der Waals surface area contributed by atoms with Crippen LogP contribution in [0.2, 0.25) is 0 Å². The number of nitrogens with one attached hydrogen (secondary N) is 1. The molecular formula is C17H25NO5. The van der Waals surface area contributed by atoms with Crippen LogP contribution in [0.15, 0.2) is 18.2 Å². The fourth-order valence-electron chi connectivity index (χ4n) is 1.81. The minimum absolute atomic E-state index is 0.0831. The summed E-state index contributed by atoms with van der Waals surface area (Å²) in [6, 6.07) is 5.36. The van der Waals surface area contributed by atoms with Crippen LogP contribution in [-0.2, 0) is 19.1 Å². The van der Waals surface area contributed by atoms with Crippen LogP contribution < -0.4 is 10.1 Å². The zero-order valence-corrected chi connectivity index (χ0v) is 14.4. The van der Waals surface area contributed by atoms with E-state index in [4.69, 9.17) is 14.2 Å². The molecule has 0 aliphatic rings. The van der Waals surface area contributed by atoms with Gasteiger partial charge in [-0.05, 0) is 58.4 Å². The quantitative estimate of drug-likeness (QED) is 0.778. The molecule has 0 radical (unpaired) electrons. The Morgan fingerprint density at radius 3 is 2.43 bits per heavy atom. The average molecular weight is 323 g/mol. The first-order valence-corrected chi connectivity index (χ1v) is 7.56. The summed E-state index contributed by atoms with van der Waals surface area (Å²) in [5, 5.41) is 3.00. The first-order chi connectivity index (χ1) is 10.7. The Labute approximate surface area is 137 Å². The maximum atomic E-state index is 11.7. The van der Waals surface area contributed by atoms with Crippen LogP contribution in [0.5, 0.6) is 5.75 Å². The molecule has 1 rings (SSSR count). The molecule has 1 N–H and O–H groups in total. The van der Waals surface area contributed by atoms with E-state index < -0.39 is 11.6 Å². The molecule has 0 aliphatic carbocycles. The zero-order valence-electron chi connectivity index (χ0n) is 14.4. The summed E-state index contributed by atoms with van der Waals surface area (Å²) in [7, 11) is 0. The molecule has 0 atom stereocenters. The standard InChI is InChI=1S/C17H25NO5/c1-6-21-16(20)11-22-14-8-7-13(9-12(14)2)18-10-15(19)23-17(3,4)5/h7-9,18H,6,10-11H2,1-5H3. The van der Waals surface area contributed by atoms with Gasteiger partial charge in [-0.2, -0.15) is 0 Å². The van der Waals surface area contributed by atoms with Gasteiger partial charge in [0.1, 0.15) is 17.9 Å². The number of hydrogen-bond donors (Lipinski definition) is 1. The number of esters is 2. The summed E-state index contributed by atoms with van der Waals surface area (Å²) in [6.45, 7) is 9.36. The normalized spacial score (nSPS) is 10.8. The summed E-state index contributed by atoms with van der Waals surface area (Å²) < 4.78 is 15.4. The van der Waals surface area contributed by atoms with Gasteiger partial charge < -0.3 is 19.5 Å². The molecule has 0 bridgehead atoms. The highest BCUT2D eigenvalue weighted by atomic mass is 16.6. The van der Waals surface area contributed by atoms with Crippen LogP contribution in [-0.4, -0.2) is 37.3 Å². The lowest BCUT2D eigenvalue weighted by Gasteiger charge is -2.20. The zero-order chi connectivity index (χ0) is 17.5. The van der Waals surface area contributed by atoms with Gasteiger partial charge in [-0.3, -0.25) is 4.79 Å². The fourth-order valence-corrected chi connectivity index (χ4v) is 1.81. The van der Waals surface area contributed by atoms with Crippen LogP contribution in [0, 0.1) is 6.92 Å². The Kier molecular flexibility index (Phi) is 6.88. The third-order valence-electron chi connectivity index (χ3n) is 2.68. The van der Waals surface area contributed by atoms with E-state index in [9.17, 15) is 9.59 Å². The third kappa shape index (κ3) is 7.54. The molecule has 1 aromatic carbocycles. The monoisotopic (exact) mass is 323 g/mol. The predicted molar refractivity (Wildman–Crippen MR) is 87.6 cm³/mol. The van der Waals surface area contributed by atoms with Crippen molar-refractivity contribution in [2.45, 2.75) is 40.2 Å². The van der Waals surface area contributed by atoms with Gasteiger partial charge in [-0.1, -0.05) is 0 Å². The Morgan fingerprint density at radius 1 is 1.17 bits per heavy atom. The number of hydrogen-bond acceptors (Lipinski definition) is 6. The van der Waals surface area contributed by atoms with E-state index in [-0.39, 0.29) is 19.1 Å². The van der Waals surface area contributed by atoms with Crippen LogP contribution in [0.1, 0.15) is 33.3 Å². The molecule has 128 valence electrons. The van der Waals surface area contributed by atoms with Crippen LogP contribution in [0.25, 0.3) is 0 Å².